The molecule has 2 atom stereocenters. The number of benzene rings is 1. The first-order chi connectivity index (χ1) is 15.2. The van der Waals surface area contributed by atoms with Gasteiger partial charge in [-0.15, -0.1) is 0 Å². The Morgan fingerprint density at radius 1 is 1.19 bits per heavy atom. The number of carbonyl (C=O) groups is 4. The molecule has 1 aliphatic heterocycles. The number of aryl methyl sites for hydroxylation is 1. The summed E-state index contributed by atoms with van der Waals surface area (Å²) >= 11 is 0. The molecular formula is C21H23N3O8. The van der Waals surface area contributed by atoms with Crippen molar-refractivity contribution in [3.05, 3.63) is 40.0 Å². The number of likely N-dealkylation sites (tertiary alicyclic amines) is 1. The number of hydrogen-bond donors (Lipinski definition) is 1. The van der Waals surface area contributed by atoms with Gasteiger partial charge in [0.25, 0.3) is 5.91 Å². The molecule has 0 saturated carbocycles. The molecular weight excluding hydrogens is 422 g/mol. The normalized spacial score (nSPS) is 19.5. The van der Waals surface area contributed by atoms with E-state index >= 15 is 0 Å². The topological polar surface area (TPSA) is 145 Å². The molecule has 1 aliphatic carbocycles. The number of nitrogens with one attached hydrogen (secondary N) is 1. The van der Waals surface area contributed by atoms with Crippen molar-refractivity contribution >= 4 is 35.1 Å². The number of amides is 3. The molecule has 170 valence electrons. The lowest BCUT2D eigenvalue weighted by Crippen LogP contribution is -2.33. The van der Waals surface area contributed by atoms with Crippen LogP contribution in [0.1, 0.15) is 24.8 Å². The zero-order valence-electron chi connectivity index (χ0n) is 17.7. The van der Waals surface area contributed by atoms with Crippen molar-refractivity contribution in [3.8, 4) is 5.75 Å². The Labute approximate surface area is 183 Å². The zero-order chi connectivity index (χ0) is 23.4. The molecule has 0 spiro atoms. The number of imide groups is 1. The van der Waals surface area contributed by atoms with Gasteiger partial charge in [-0.2, -0.15) is 0 Å². The first-order valence-corrected chi connectivity index (χ1v) is 10.0. The largest absolute Gasteiger partial charge is 0.490 e. The fourth-order valence-corrected chi connectivity index (χ4v) is 3.81. The minimum absolute atomic E-state index is 0.0244. The highest BCUT2D eigenvalue weighted by atomic mass is 16.6. The van der Waals surface area contributed by atoms with Gasteiger partial charge >= 0.3 is 11.7 Å². The maximum atomic E-state index is 12.4. The van der Waals surface area contributed by atoms with E-state index in [-0.39, 0.29) is 53.7 Å². The van der Waals surface area contributed by atoms with Crippen LogP contribution in [-0.2, 0) is 23.9 Å². The lowest BCUT2D eigenvalue weighted by atomic mass is 9.85. The van der Waals surface area contributed by atoms with Crippen LogP contribution < -0.4 is 10.1 Å². The number of nitro benzene ring substituents is 1. The Hall–Kier alpha value is -3.76. The van der Waals surface area contributed by atoms with Crippen molar-refractivity contribution in [2.75, 3.05) is 25.6 Å². The number of rotatable bonds is 8. The monoisotopic (exact) mass is 445 g/mol. The van der Waals surface area contributed by atoms with Gasteiger partial charge in [-0.3, -0.25) is 34.2 Å². The predicted molar refractivity (Wildman–Crippen MR) is 111 cm³/mol. The Kier molecular flexibility index (Phi) is 6.86. The highest BCUT2D eigenvalue weighted by Crippen LogP contribution is 2.35. The van der Waals surface area contributed by atoms with Gasteiger partial charge in [0.2, 0.25) is 11.8 Å². The van der Waals surface area contributed by atoms with Crippen LogP contribution in [0.3, 0.4) is 0 Å². The van der Waals surface area contributed by atoms with Gasteiger partial charge < -0.3 is 14.8 Å². The number of carbonyl (C=O) groups excluding carboxylic acids is 4. The molecule has 0 radical (unpaired) electrons. The molecule has 1 heterocycles. The minimum atomic E-state index is -0.730. The summed E-state index contributed by atoms with van der Waals surface area (Å²) in [5, 5.41) is 13.6. The van der Waals surface area contributed by atoms with E-state index in [1.54, 1.807) is 6.92 Å². The molecule has 1 saturated heterocycles. The van der Waals surface area contributed by atoms with Crippen LogP contribution in [0.4, 0.5) is 11.4 Å². The van der Waals surface area contributed by atoms with E-state index in [1.165, 1.54) is 19.2 Å². The summed E-state index contributed by atoms with van der Waals surface area (Å²) in [6, 6.07) is 2.57. The van der Waals surface area contributed by atoms with Crippen molar-refractivity contribution in [1.29, 1.82) is 0 Å². The van der Waals surface area contributed by atoms with Crippen molar-refractivity contribution in [3.63, 3.8) is 0 Å². The van der Waals surface area contributed by atoms with Gasteiger partial charge in [0.05, 0.1) is 30.3 Å². The van der Waals surface area contributed by atoms with Crippen LogP contribution in [0.2, 0.25) is 0 Å². The average Bonchev–Trinajstić information content (AvgIpc) is 3.01. The third kappa shape index (κ3) is 4.76. The molecule has 0 unspecified atom stereocenters. The van der Waals surface area contributed by atoms with Crippen molar-refractivity contribution in [1.82, 2.24) is 4.90 Å². The maximum Gasteiger partial charge on any atom is 0.311 e. The number of allylic oxidation sites excluding steroid dienone is 2. The fourth-order valence-electron chi connectivity index (χ4n) is 3.81. The molecule has 3 amide bonds. The fraction of sp³-hybridized carbons (Fsp3) is 0.429. The molecule has 1 N–H and O–H groups in total. The molecule has 3 rings (SSSR count). The van der Waals surface area contributed by atoms with Crippen LogP contribution in [0.5, 0.6) is 5.75 Å². The molecule has 11 nitrogen and oxygen atoms in total. The van der Waals surface area contributed by atoms with Gasteiger partial charge in [0.1, 0.15) is 0 Å². The van der Waals surface area contributed by atoms with Crippen LogP contribution in [0.15, 0.2) is 24.3 Å². The predicted octanol–water partition coefficient (Wildman–Crippen LogP) is 1.73. The van der Waals surface area contributed by atoms with E-state index in [0.29, 0.717) is 18.4 Å². The second-order valence-corrected chi connectivity index (χ2v) is 7.54. The van der Waals surface area contributed by atoms with E-state index in [4.69, 9.17) is 9.47 Å². The molecule has 1 aromatic rings. The number of anilines is 1. The van der Waals surface area contributed by atoms with Gasteiger partial charge in [-0.25, -0.2) is 0 Å². The van der Waals surface area contributed by atoms with Crippen LogP contribution >= 0.6 is 0 Å². The molecule has 0 aromatic heterocycles. The number of methoxy groups -OCH3 is 1. The van der Waals surface area contributed by atoms with Crippen molar-refractivity contribution in [2.24, 2.45) is 11.8 Å². The van der Waals surface area contributed by atoms with Gasteiger partial charge in [-0.1, -0.05) is 12.2 Å². The Bertz CT molecular complexity index is 977. The molecule has 1 aromatic carbocycles. The Balaban J connectivity index is 1.49. The summed E-state index contributed by atoms with van der Waals surface area (Å²) in [4.78, 5) is 60.5. The van der Waals surface area contributed by atoms with E-state index in [9.17, 15) is 29.3 Å². The van der Waals surface area contributed by atoms with E-state index in [2.05, 4.69) is 5.32 Å². The Morgan fingerprint density at radius 2 is 1.81 bits per heavy atom. The second kappa shape index (κ2) is 9.58. The number of nitro groups is 1. The van der Waals surface area contributed by atoms with Gasteiger partial charge in [0.15, 0.2) is 12.4 Å². The average molecular weight is 445 g/mol. The highest BCUT2D eigenvalue weighted by molar-refractivity contribution is 6.05. The highest BCUT2D eigenvalue weighted by Gasteiger charge is 2.46. The minimum Gasteiger partial charge on any atom is -0.490 e. The summed E-state index contributed by atoms with van der Waals surface area (Å²) in [5.74, 6) is -2.69. The molecule has 2 aliphatic rings. The number of ether oxygens (including phenoxy) is 2. The summed E-state index contributed by atoms with van der Waals surface area (Å²) in [6.07, 6.45) is 4.57. The second-order valence-electron chi connectivity index (χ2n) is 7.54. The number of hydrogen-bond acceptors (Lipinski definition) is 8. The van der Waals surface area contributed by atoms with Gasteiger partial charge in [0, 0.05) is 24.4 Å². The standard InChI is InChI=1S/C21H23N3O8/c1-12-9-16(24(29)30)17(31-2)10-15(12)22-18(25)11-32-19(26)7-8-23-20(27)13-5-3-4-6-14(13)21(23)28/h3-4,9-10,13-14H,5-8,11H2,1-2H3,(H,22,25)/t13-,14+. The van der Waals surface area contributed by atoms with E-state index in [0.717, 1.165) is 4.90 Å². The SMILES string of the molecule is COc1cc(NC(=O)COC(=O)CCN2C(=O)[C@H]3CC=CC[C@H]3C2=O)c(C)cc1[N+](=O)[O-]. The number of nitrogens with zero attached hydrogens (tertiary/aromatic N) is 2. The van der Waals surface area contributed by atoms with Crippen molar-refractivity contribution < 1.29 is 33.6 Å². The first-order valence-electron chi connectivity index (χ1n) is 10.0. The molecule has 32 heavy (non-hydrogen) atoms. The molecule has 1 fully saturated rings. The lowest BCUT2D eigenvalue weighted by Gasteiger charge is -2.14. The summed E-state index contributed by atoms with van der Waals surface area (Å²) in [5.41, 5.74) is 0.466. The number of fused-ring (bicyclic) bond motifs is 1. The number of esters is 1. The summed E-state index contributed by atoms with van der Waals surface area (Å²) in [7, 11) is 1.27. The lowest BCUT2D eigenvalue weighted by molar-refractivity contribution is -0.385. The van der Waals surface area contributed by atoms with E-state index in [1.807, 2.05) is 12.2 Å². The maximum absolute atomic E-state index is 12.4. The third-order valence-corrected chi connectivity index (χ3v) is 5.50. The molecule has 11 heteroatoms. The zero-order valence-corrected chi connectivity index (χ0v) is 17.7. The van der Waals surface area contributed by atoms with Gasteiger partial charge in [-0.05, 0) is 25.3 Å². The van der Waals surface area contributed by atoms with Crippen LogP contribution in [0, 0.1) is 28.9 Å². The molecule has 0 bridgehead atoms. The smallest absolute Gasteiger partial charge is 0.311 e. The van der Waals surface area contributed by atoms with Crippen molar-refractivity contribution in [2.45, 2.75) is 26.2 Å². The quantitative estimate of drug-likeness (QED) is 0.209. The van der Waals surface area contributed by atoms with Crippen LogP contribution in [-0.4, -0.2) is 53.8 Å². The van der Waals surface area contributed by atoms with E-state index < -0.39 is 23.4 Å². The first kappa shape index (κ1) is 22.9. The third-order valence-electron chi connectivity index (χ3n) is 5.50. The summed E-state index contributed by atoms with van der Waals surface area (Å²) in [6.45, 7) is 0.893. The van der Waals surface area contributed by atoms with Crippen LogP contribution in [0.25, 0.3) is 0 Å². The summed E-state index contributed by atoms with van der Waals surface area (Å²) < 4.78 is 9.90. The Morgan fingerprint density at radius 3 is 2.38 bits per heavy atom.